The van der Waals surface area contributed by atoms with E-state index in [4.69, 9.17) is 9.73 Å². The average molecular weight is 568 g/mol. The highest BCUT2D eigenvalue weighted by Crippen LogP contribution is 2.25. The maximum atomic E-state index is 13.5. The molecule has 31 heavy (non-hydrogen) atoms. The summed E-state index contributed by atoms with van der Waals surface area (Å²) >= 11 is 0. The van der Waals surface area contributed by atoms with E-state index in [1.165, 1.54) is 12.1 Å². The summed E-state index contributed by atoms with van der Waals surface area (Å²) in [5, 5.41) is 3.31. The van der Waals surface area contributed by atoms with Crippen LogP contribution in [-0.2, 0) is 14.6 Å². The molecule has 2 aliphatic heterocycles. The molecule has 2 aliphatic rings. The predicted molar refractivity (Wildman–Crippen MR) is 132 cm³/mol. The summed E-state index contributed by atoms with van der Waals surface area (Å²) in [4.78, 5) is 9.23. The number of ether oxygens (including phenoxy) is 1. The highest BCUT2D eigenvalue weighted by Gasteiger charge is 2.41. The number of halogens is 2. The SMILES string of the molecule is CCNC(=NCC(c1ccc(F)cc1)N1CCOCC1)N1CCS(=O)(=O)C(C)(C)C1.I. The minimum atomic E-state index is -3.12. The number of rotatable bonds is 5. The summed E-state index contributed by atoms with van der Waals surface area (Å²) < 4.78 is 42.9. The van der Waals surface area contributed by atoms with Crippen molar-refractivity contribution in [3.8, 4) is 0 Å². The Hall–Kier alpha value is -0.980. The van der Waals surface area contributed by atoms with Crippen LogP contribution in [0.5, 0.6) is 0 Å². The summed E-state index contributed by atoms with van der Waals surface area (Å²) in [5.41, 5.74) is 1.01. The first-order valence-electron chi connectivity index (χ1n) is 10.6. The zero-order valence-electron chi connectivity index (χ0n) is 18.5. The van der Waals surface area contributed by atoms with Crippen LogP contribution in [0.1, 0.15) is 32.4 Å². The molecule has 3 rings (SSSR count). The van der Waals surface area contributed by atoms with Crippen LogP contribution in [-0.4, -0.2) is 87.2 Å². The molecule has 1 unspecified atom stereocenters. The molecule has 1 N–H and O–H groups in total. The Kier molecular flexibility index (Phi) is 9.53. The van der Waals surface area contributed by atoms with Crippen molar-refractivity contribution in [1.82, 2.24) is 15.1 Å². The second-order valence-electron chi connectivity index (χ2n) is 8.41. The topological polar surface area (TPSA) is 74.2 Å². The molecule has 0 amide bonds. The van der Waals surface area contributed by atoms with E-state index < -0.39 is 14.6 Å². The molecule has 0 bridgehead atoms. The van der Waals surface area contributed by atoms with Gasteiger partial charge in [-0.05, 0) is 38.5 Å². The summed E-state index contributed by atoms with van der Waals surface area (Å²) in [6.45, 7) is 10.5. The van der Waals surface area contributed by atoms with Crippen molar-refractivity contribution in [1.29, 1.82) is 0 Å². The zero-order chi connectivity index (χ0) is 21.8. The van der Waals surface area contributed by atoms with Crippen molar-refractivity contribution in [3.05, 3.63) is 35.6 Å². The van der Waals surface area contributed by atoms with Crippen LogP contribution in [0.4, 0.5) is 4.39 Å². The molecule has 0 aliphatic carbocycles. The maximum absolute atomic E-state index is 13.5. The van der Waals surface area contributed by atoms with Gasteiger partial charge in [-0.3, -0.25) is 9.89 Å². The Morgan fingerprint density at radius 1 is 1.23 bits per heavy atom. The predicted octanol–water partition coefficient (Wildman–Crippen LogP) is 2.29. The van der Waals surface area contributed by atoms with Crippen molar-refractivity contribution < 1.29 is 17.5 Å². The summed E-state index contributed by atoms with van der Waals surface area (Å²) in [7, 11) is -3.12. The van der Waals surface area contributed by atoms with E-state index in [2.05, 4.69) is 10.2 Å². The molecule has 7 nitrogen and oxygen atoms in total. The Balaban J connectivity index is 0.00000341. The molecule has 2 fully saturated rings. The van der Waals surface area contributed by atoms with Crippen LogP contribution in [0.3, 0.4) is 0 Å². The molecule has 1 aromatic carbocycles. The largest absolute Gasteiger partial charge is 0.379 e. The minimum absolute atomic E-state index is 0. The highest BCUT2D eigenvalue weighted by molar-refractivity contribution is 14.0. The first-order chi connectivity index (χ1) is 14.2. The van der Waals surface area contributed by atoms with Crippen LogP contribution >= 0.6 is 24.0 Å². The van der Waals surface area contributed by atoms with Crippen molar-refractivity contribution >= 4 is 39.8 Å². The third-order valence-electron chi connectivity index (χ3n) is 5.83. The monoisotopic (exact) mass is 568 g/mol. The summed E-state index contributed by atoms with van der Waals surface area (Å²) in [5.74, 6) is 0.587. The molecular formula is C21H34FIN4O3S. The normalized spacial score (nSPS) is 22.5. The lowest BCUT2D eigenvalue weighted by Gasteiger charge is -2.39. The number of guanidine groups is 1. The Morgan fingerprint density at radius 3 is 2.45 bits per heavy atom. The van der Waals surface area contributed by atoms with Crippen molar-refractivity contribution in [2.45, 2.75) is 31.6 Å². The van der Waals surface area contributed by atoms with Gasteiger partial charge in [0.1, 0.15) is 5.82 Å². The number of hydrogen-bond acceptors (Lipinski definition) is 5. The fourth-order valence-corrected chi connectivity index (χ4v) is 5.29. The number of nitrogens with zero attached hydrogens (tertiary/aromatic N) is 3. The second-order valence-corrected chi connectivity index (χ2v) is 11.2. The third-order valence-corrected chi connectivity index (χ3v) is 8.37. The fourth-order valence-electron chi connectivity index (χ4n) is 3.93. The van der Waals surface area contributed by atoms with Gasteiger partial charge in [0.25, 0.3) is 0 Å². The van der Waals surface area contributed by atoms with Crippen molar-refractivity contribution in [2.75, 3.05) is 58.2 Å². The Morgan fingerprint density at radius 2 is 1.87 bits per heavy atom. The Bertz CT molecular complexity index is 843. The van der Waals surface area contributed by atoms with Gasteiger partial charge >= 0.3 is 0 Å². The lowest BCUT2D eigenvalue weighted by atomic mass is 10.0. The standard InChI is InChI=1S/C21H33FN4O3S.HI/c1-4-23-20(26-11-14-30(27,28)21(2,3)16-26)24-15-19(25-9-12-29-13-10-25)17-5-7-18(22)8-6-17;/h5-8,19H,4,9-16H2,1-3H3,(H,23,24);1H. The minimum Gasteiger partial charge on any atom is -0.379 e. The lowest BCUT2D eigenvalue weighted by Crippen LogP contribution is -2.57. The molecule has 10 heteroatoms. The molecule has 1 atom stereocenters. The molecule has 2 saturated heterocycles. The van der Waals surface area contributed by atoms with E-state index in [9.17, 15) is 12.8 Å². The Labute approximate surface area is 202 Å². The number of morpholine rings is 1. The van der Waals surface area contributed by atoms with Gasteiger partial charge < -0.3 is 15.0 Å². The molecule has 0 radical (unpaired) electrons. The van der Waals surface area contributed by atoms with Gasteiger partial charge in [-0.2, -0.15) is 0 Å². The number of nitrogens with one attached hydrogen (secondary N) is 1. The van der Waals surface area contributed by atoms with Gasteiger partial charge in [0, 0.05) is 32.7 Å². The van der Waals surface area contributed by atoms with E-state index in [1.807, 2.05) is 24.0 Å². The molecule has 0 spiro atoms. The molecule has 0 aromatic heterocycles. The van der Waals surface area contributed by atoms with Crippen LogP contribution in [0.15, 0.2) is 29.3 Å². The molecule has 176 valence electrons. The number of benzene rings is 1. The van der Waals surface area contributed by atoms with Crippen molar-refractivity contribution in [3.63, 3.8) is 0 Å². The summed E-state index contributed by atoms with van der Waals surface area (Å²) in [6.07, 6.45) is 0. The third kappa shape index (κ3) is 6.52. The van der Waals surface area contributed by atoms with Gasteiger partial charge in [0.05, 0.1) is 36.3 Å². The van der Waals surface area contributed by atoms with Gasteiger partial charge in [-0.25, -0.2) is 12.8 Å². The number of aliphatic imine (C=N–C) groups is 1. The van der Waals surface area contributed by atoms with Gasteiger partial charge in [0.15, 0.2) is 15.8 Å². The van der Waals surface area contributed by atoms with Gasteiger partial charge in [0.2, 0.25) is 0 Å². The second kappa shape index (κ2) is 11.2. The molecular weight excluding hydrogens is 534 g/mol. The van der Waals surface area contributed by atoms with Crippen molar-refractivity contribution in [2.24, 2.45) is 4.99 Å². The first kappa shape index (κ1) is 26.3. The van der Waals surface area contributed by atoms with Crippen LogP contribution in [0.2, 0.25) is 0 Å². The molecule has 0 saturated carbocycles. The number of hydrogen-bond donors (Lipinski definition) is 1. The molecule has 2 heterocycles. The van der Waals surface area contributed by atoms with Crippen LogP contribution in [0.25, 0.3) is 0 Å². The van der Waals surface area contributed by atoms with Gasteiger partial charge in [-0.15, -0.1) is 24.0 Å². The van der Waals surface area contributed by atoms with E-state index >= 15 is 0 Å². The first-order valence-corrected chi connectivity index (χ1v) is 12.2. The van der Waals surface area contributed by atoms with E-state index in [1.54, 1.807) is 13.8 Å². The smallest absolute Gasteiger partial charge is 0.194 e. The van der Waals surface area contributed by atoms with Crippen LogP contribution < -0.4 is 5.32 Å². The van der Waals surface area contributed by atoms with Gasteiger partial charge in [-0.1, -0.05) is 12.1 Å². The highest BCUT2D eigenvalue weighted by atomic mass is 127. The molecule has 1 aromatic rings. The van der Waals surface area contributed by atoms with E-state index in [0.29, 0.717) is 39.4 Å². The fraction of sp³-hybridized carbons (Fsp3) is 0.667. The van der Waals surface area contributed by atoms with E-state index in [0.717, 1.165) is 24.6 Å². The average Bonchev–Trinajstić information content (AvgIpc) is 2.71. The van der Waals surface area contributed by atoms with E-state index in [-0.39, 0.29) is 41.6 Å². The lowest BCUT2D eigenvalue weighted by molar-refractivity contribution is 0.0179. The number of sulfone groups is 1. The van der Waals surface area contributed by atoms with Crippen LogP contribution in [0, 0.1) is 5.82 Å². The zero-order valence-corrected chi connectivity index (χ0v) is 21.7. The quantitative estimate of drug-likeness (QED) is 0.334. The maximum Gasteiger partial charge on any atom is 0.194 e. The summed E-state index contributed by atoms with van der Waals surface area (Å²) in [6, 6.07) is 6.60.